The third kappa shape index (κ3) is 4.43. The zero-order valence-corrected chi connectivity index (χ0v) is 20.5. The first kappa shape index (κ1) is 23.6. The van der Waals surface area contributed by atoms with Gasteiger partial charge in [0.25, 0.3) is 5.56 Å². The molecule has 0 amide bonds. The molecule has 0 bridgehead atoms. The van der Waals surface area contributed by atoms with Crippen LogP contribution in [0.25, 0.3) is 32.2 Å². The molecule has 0 aliphatic heterocycles. The number of hydrogen-bond acceptors (Lipinski definition) is 8. The van der Waals surface area contributed by atoms with E-state index < -0.39 is 11.6 Å². The zero-order chi connectivity index (χ0) is 26.2. The topological polar surface area (TPSA) is 112 Å². The first-order valence-electron chi connectivity index (χ1n) is 11.6. The van der Waals surface area contributed by atoms with E-state index in [1.165, 1.54) is 23.3 Å². The van der Waals surface area contributed by atoms with Gasteiger partial charge in [-0.05, 0) is 53.6 Å². The molecule has 0 saturated heterocycles. The summed E-state index contributed by atoms with van der Waals surface area (Å²) in [6, 6.07) is 15.1. The number of anilines is 2. The Labute approximate surface area is 218 Å². The van der Waals surface area contributed by atoms with Crippen LogP contribution >= 0.6 is 11.3 Å². The van der Waals surface area contributed by atoms with Crippen LogP contribution in [0.4, 0.5) is 20.4 Å². The van der Waals surface area contributed by atoms with Crippen LogP contribution in [-0.4, -0.2) is 24.5 Å². The smallest absolute Gasteiger partial charge is 0.265 e. The van der Waals surface area contributed by atoms with Crippen molar-refractivity contribution in [3.8, 4) is 10.4 Å². The van der Waals surface area contributed by atoms with E-state index in [4.69, 9.17) is 5.73 Å². The van der Waals surface area contributed by atoms with Crippen molar-refractivity contribution in [3.05, 3.63) is 106 Å². The van der Waals surface area contributed by atoms with Gasteiger partial charge in [0.05, 0.1) is 30.5 Å². The van der Waals surface area contributed by atoms with E-state index in [9.17, 15) is 13.6 Å². The van der Waals surface area contributed by atoms with Crippen LogP contribution in [0.1, 0.15) is 10.4 Å². The van der Waals surface area contributed by atoms with E-state index in [1.54, 1.807) is 23.6 Å². The molecule has 38 heavy (non-hydrogen) atoms. The van der Waals surface area contributed by atoms with Crippen molar-refractivity contribution in [3.63, 3.8) is 0 Å². The maximum absolute atomic E-state index is 13.6. The SMILES string of the molecule is Nc1ncnc2ccc(-c3ccc(CNc4nccc5ncn(Cc6ccc(F)c(F)c6)c(=O)c45)s3)cc12. The van der Waals surface area contributed by atoms with E-state index in [2.05, 4.69) is 25.3 Å². The molecular weight excluding hydrogens is 508 g/mol. The lowest BCUT2D eigenvalue weighted by atomic mass is 10.1. The quantitative estimate of drug-likeness (QED) is 0.314. The lowest BCUT2D eigenvalue weighted by Gasteiger charge is -2.10. The van der Waals surface area contributed by atoms with E-state index in [0.29, 0.717) is 34.6 Å². The van der Waals surface area contributed by atoms with Crippen LogP contribution in [-0.2, 0) is 13.1 Å². The fourth-order valence-electron chi connectivity index (χ4n) is 4.21. The number of nitrogen functional groups attached to an aromatic ring is 1. The molecule has 2 aromatic carbocycles. The summed E-state index contributed by atoms with van der Waals surface area (Å²) < 4.78 is 28.3. The third-order valence-electron chi connectivity index (χ3n) is 6.12. The predicted molar refractivity (Wildman–Crippen MR) is 144 cm³/mol. The molecule has 6 aromatic rings. The number of thiophene rings is 1. The van der Waals surface area contributed by atoms with Gasteiger partial charge in [0.1, 0.15) is 23.3 Å². The molecule has 0 spiro atoms. The normalized spacial score (nSPS) is 11.3. The molecule has 4 aromatic heterocycles. The van der Waals surface area contributed by atoms with Crippen molar-refractivity contribution in [1.82, 2.24) is 24.5 Å². The Morgan fingerprint density at radius 2 is 1.82 bits per heavy atom. The Kier molecular flexibility index (Phi) is 5.97. The van der Waals surface area contributed by atoms with Crippen LogP contribution < -0.4 is 16.6 Å². The van der Waals surface area contributed by atoms with Gasteiger partial charge in [-0.25, -0.2) is 28.7 Å². The molecule has 3 N–H and O–H groups in total. The second-order valence-corrected chi connectivity index (χ2v) is 9.76. The monoisotopic (exact) mass is 527 g/mol. The summed E-state index contributed by atoms with van der Waals surface area (Å²) in [6.45, 7) is 0.482. The second kappa shape index (κ2) is 9.60. The van der Waals surface area contributed by atoms with Gasteiger partial charge in [0.15, 0.2) is 11.6 Å². The average molecular weight is 528 g/mol. The number of halogens is 2. The number of hydrogen-bond donors (Lipinski definition) is 2. The molecule has 0 aliphatic rings. The van der Waals surface area contributed by atoms with Crippen LogP contribution in [0.3, 0.4) is 0 Å². The summed E-state index contributed by atoms with van der Waals surface area (Å²) in [6.07, 6.45) is 4.42. The minimum atomic E-state index is -0.968. The first-order chi connectivity index (χ1) is 18.5. The zero-order valence-electron chi connectivity index (χ0n) is 19.7. The highest BCUT2D eigenvalue weighted by atomic mass is 32.1. The van der Waals surface area contributed by atoms with E-state index in [-0.39, 0.29) is 12.1 Å². The minimum Gasteiger partial charge on any atom is -0.383 e. The molecule has 0 unspecified atom stereocenters. The molecule has 0 radical (unpaired) electrons. The van der Waals surface area contributed by atoms with Crippen molar-refractivity contribution >= 4 is 44.8 Å². The fraction of sp³-hybridized carbons (Fsp3) is 0.0741. The number of nitrogens with zero attached hydrogens (tertiary/aromatic N) is 5. The van der Waals surface area contributed by atoms with Crippen molar-refractivity contribution in [2.75, 3.05) is 11.1 Å². The molecule has 188 valence electrons. The van der Waals surface area contributed by atoms with Gasteiger partial charge in [0.2, 0.25) is 0 Å². The summed E-state index contributed by atoms with van der Waals surface area (Å²) in [7, 11) is 0. The lowest BCUT2D eigenvalue weighted by molar-refractivity contribution is 0.506. The maximum atomic E-state index is 13.6. The second-order valence-electron chi connectivity index (χ2n) is 8.59. The standard InChI is InChI=1S/C27H19F2N7OS/c28-19-4-1-15(9-20(19)29)12-36-14-35-22-7-8-31-26(24(22)27(36)37)32-11-17-3-6-23(38-17)16-2-5-21-18(10-16)25(30)34-13-33-21/h1-10,13-14H,11-12H2,(H,31,32)(H2,30,33,34). The third-order valence-corrected chi connectivity index (χ3v) is 7.25. The summed E-state index contributed by atoms with van der Waals surface area (Å²) in [5.41, 5.74) is 8.39. The van der Waals surface area contributed by atoms with Crippen molar-refractivity contribution < 1.29 is 8.78 Å². The minimum absolute atomic E-state index is 0.0445. The number of fused-ring (bicyclic) bond motifs is 2. The number of nitrogens with two attached hydrogens (primary N) is 1. The Morgan fingerprint density at radius 1 is 0.921 bits per heavy atom. The van der Waals surface area contributed by atoms with Gasteiger partial charge >= 0.3 is 0 Å². The Balaban J connectivity index is 1.26. The Hall–Kier alpha value is -4.77. The van der Waals surface area contributed by atoms with Gasteiger partial charge in [-0.3, -0.25) is 9.36 Å². The number of aromatic nitrogens is 5. The van der Waals surface area contributed by atoms with Crippen molar-refractivity contribution in [2.45, 2.75) is 13.1 Å². The summed E-state index contributed by atoms with van der Waals surface area (Å²) in [4.78, 5) is 32.4. The number of pyridine rings is 1. The summed E-state index contributed by atoms with van der Waals surface area (Å²) >= 11 is 1.60. The predicted octanol–water partition coefficient (Wildman–Crippen LogP) is 4.98. The highest BCUT2D eigenvalue weighted by Crippen LogP contribution is 2.31. The first-order valence-corrected chi connectivity index (χ1v) is 12.4. The number of benzene rings is 2. The fourth-order valence-corrected chi connectivity index (χ4v) is 5.15. The molecular formula is C27H19F2N7OS. The van der Waals surface area contributed by atoms with Gasteiger partial charge in [0, 0.05) is 21.3 Å². The number of nitrogens with one attached hydrogen (secondary N) is 1. The largest absolute Gasteiger partial charge is 0.383 e. The van der Waals surface area contributed by atoms with Crippen LogP contribution in [0.5, 0.6) is 0 Å². The Bertz CT molecular complexity index is 1890. The molecule has 0 atom stereocenters. The number of rotatable bonds is 6. The Morgan fingerprint density at radius 3 is 2.68 bits per heavy atom. The molecule has 0 aliphatic carbocycles. The van der Waals surface area contributed by atoms with Crippen LogP contribution in [0.15, 0.2) is 78.2 Å². The van der Waals surface area contributed by atoms with E-state index in [0.717, 1.165) is 38.4 Å². The van der Waals surface area contributed by atoms with Gasteiger partial charge in [-0.1, -0.05) is 12.1 Å². The average Bonchev–Trinajstić information content (AvgIpc) is 3.40. The highest BCUT2D eigenvalue weighted by molar-refractivity contribution is 7.15. The summed E-state index contributed by atoms with van der Waals surface area (Å²) in [5.74, 6) is -1.08. The van der Waals surface area contributed by atoms with Gasteiger partial charge in [-0.2, -0.15) is 0 Å². The van der Waals surface area contributed by atoms with Crippen LogP contribution in [0.2, 0.25) is 0 Å². The molecule has 8 nitrogen and oxygen atoms in total. The molecule has 0 fully saturated rings. The molecule has 4 heterocycles. The molecule has 6 rings (SSSR count). The van der Waals surface area contributed by atoms with E-state index in [1.807, 2.05) is 30.3 Å². The van der Waals surface area contributed by atoms with E-state index >= 15 is 0 Å². The van der Waals surface area contributed by atoms with Crippen LogP contribution in [0, 0.1) is 11.6 Å². The van der Waals surface area contributed by atoms with Gasteiger partial charge < -0.3 is 11.1 Å². The molecule has 0 saturated carbocycles. The molecule has 11 heteroatoms. The highest BCUT2D eigenvalue weighted by Gasteiger charge is 2.13. The lowest BCUT2D eigenvalue weighted by Crippen LogP contribution is -2.22. The van der Waals surface area contributed by atoms with Gasteiger partial charge in [-0.15, -0.1) is 11.3 Å². The van der Waals surface area contributed by atoms with Crippen molar-refractivity contribution in [1.29, 1.82) is 0 Å². The maximum Gasteiger partial charge on any atom is 0.265 e. The summed E-state index contributed by atoms with van der Waals surface area (Å²) in [5, 5.41) is 4.37. The van der Waals surface area contributed by atoms with Crippen molar-refractivity contribution in [2.24, 2.45) is 0 Å².